The van der Waals surface area contributed by atoms with E-state index in [1.807, 2.05) is 4.90 Å². The molecule has 0 aromatic heterocycles. The van der Waals surface area contributed by atoms with Gasteiger partial charge in [0.25, 0.3) is 5.91 Å². The van der Waals surface area contributed by atoms with Crippen LogP contribution in [0.25, 0.3) is 0 Å². The van der Waals surface area contributed by atoms with E-state index in [4.69, 9.17) is 10.5 Å². The van der Waals surface area contributed by atoms with Crippen LogP contribution in [0.5, 0.6) is 5.75 Å². The second kappa shape index (κ2) is 7.91. The second-order valence-corrected chi connectivity index (χ2v) is 5.82. The number of carbonyl (C=O) groups is 1. The Hall–Kier alpha value is -1.71. The first kappa shape index (κ1) is 15.7. The summed E-state index contributed by atoms with van der Waals surface area (Å²) < 4.78 is 5.54. The van der Waals surface area contributed by atoms with Gasteiger partial charge >= 0.3 is 0 Å². The Balaban J connectivity index is 1.79. The number of likely N-dealkylation sites (tertiary alicyclic amines) is 1. The Bertz CT molecular complexity index is 445. The normalized spacial score (nSPS) is 19.1. The van der Waals surface area contributed by atoms with Gasteiger partial charge < -0.3 is 15.4 Å². The van der Waals surface area contributed by atoms with Crippen LogP contribution in [0.3, 0.4) is 0 Å². The van der Waals surface area contributed by atoms with Crippen molar-refractivity contribution >= 4 is 11.6 Å². The van der Waals surface area contributed by atoms with Crippen molar-refractivity contribution in [1.29, 1.82) is 0 Å². The minimum Gasteiger partial charge on any atom is -0.484 e. The first-order valence-electron chi connectivity index (χ1n) is 7.95. The average Bonchev–Trinajstić information content (AvgIpc) is 2.72. The number of amides is 1. The summed E-state index contributed by atoms with van der Waals surface area (Å²) in [5.41, 5.74) is 6.32. The van der Waals surface area contributed by atoms with Gasteiger partial charge in [-0.15, -0.1) is 0 Å². The first-order valence-corrected chi connectivity index (χ1v) is 7.95. The highest BCUT2D eigenvalue weighted by Gasteiger charge is 2.20. The summed E-state index contributed by atoms with van der Waals surface area (Å²) in [7, 11) is 0. The zero-order valence-electron chi connectivity index (χ0n) is 12.9. The Morgan fingerprint density at radius 3 is 2.76 bits per heavy atom. The maximum absolute atomic E-state index is 12.2. The summed E-state index contributed by atoms with van der Waals surface area (Å²) >= 11 is 0. The molecule has 1 aromatic carbocycles. The fraction of sp³-hybridized carbons (Fsp3) is 0.588. The highest BCUT2D eigenvalue weighted by molar-refractivity contribution is 5.77. The molecule has 2 N–H and O–H groups in total. The monoisotopic (exact) mass is 290 g/mol. The molecule has 1 unspecified atom stereocenters. The van der Waals surface area contributed by atoms with Crippen molar-refractivity contribution in [2.75, 3.05) is 25.4 Å². The largest absolute Gasteiger partial charge is 0.484 e. The lowest BCUT2D eigenvalue weighted by molar-refractivity contribution is -0.133. The molecule has 0 spiro atoms. The van der Waals surface area contributed by atoms with Crippen LogP contribution < -0.4 is 10.5 Å². The molecule has 1 fully saturated rings. The molecule has 1 aliphatic heterocycles. The van der Waals surface area contributed by atoms with E-state index in [0.717, 1.165) is 31.8 Å². The number of benzene rings is 1. The molecular formula is C17H26N2O2. The number of nitrogen functional groups attached to an aromatic ring is 1. The van der Waals surface area contributed by atoms with Gasteiger partial charge in [0.05, 0.1) is 0 Å². The molecule has 0 aliphatic carbocycles. The van der Waals surface area contributed by atoms with Gasteiger partial charge in [-0.25, -0.2) is 0 Å². The third-order valence-electron chi connectivity index (χ3n) is 4.14. The van der Waals surface area contributed by atoms with Gasteiger partial charge in [0.15, 0.2) is 6.61 Å². The topological polar surface area (TPSA) is 55.6 Å². The van der Waals surface area contributed by atoms with Crippen LogP contribution in [0.15, 0.2) is 24.3 Å². The van der Waals surface area contributed by atoms with Crippen molar-refractivity contribution in [2.45, 2.75) is 39.0 Å². The smallest absolute Gasteiger partial charge is 0.260 e. The number of rotatable bonds is 5. The van der Waals surface area contributed by atoms with Crippen LogP contribution in [-0.4, -0.2) is 30.5 Å². The zero-order chi connectivity index (χ0) is 15.1. The first-order chi connectivity index (χ1) is 10.2. The number of nitrogens with zero attached hydrogens (tertiary/aromatic N) is 1. The Kier molecular flexibility index (Phi) is 5.90. The van der Waals surface area contributed by atoms with Gasteiger partial charge in [-0.1, -0.05) is 19.8 Å². The number of hydrogen-bond acceptors (Lipinski definition) is 3. The summed E-state index contributed by atoms with van der Waals surface area (Å²) in [4.78, 5) is 14.2. The third kappa shape index (κ3) is 4.96. The van der Waals surface area contributed by atoms with Crippen LogP contribution in [0, 0.1) is 5.92 Å². The molecule has 2 rings (SSSR count). The lowest BCUT2D eigenvalue weighted by Crippen LogP contribution is -2.35. The predicted octanol–water partition coefficient (Wildman–Crippen LogP) is 3.08. The Morgan fingerprint density at radius 1 is 1.29 bits per heavy atom. The van der Waals surface area contributed by atoms with E-state index in [1.54, 1.807) is 24.3 Å². The van der Waals surface area contributed by atoms with Crippen LogP contribution in [0.2, 0.25) is 0 Å². The van der Waals surface area contributed by atoms with Crippen molar-refractivity contribution in [3.8, 4) is 5.75 Å². The highest BCUT2D eigenvalue weighted by Crippen LogP contribution is 2.22. The van der Waals surface area contributed by atoms with E-state index in [9.17, 15) is 4.79 Å². The van der Waals surface area contributed by atoms with Gasteiger partial charge in [-0.2, -0.15) is 0 Å². The summed E-state index contributed by atoms with van der Waals surface area (Å²) in [6, 6.07) is 7.15. The molecule has 21 heavy (non-hydrogen) atoms. The van der Waals surface area contributed by atoms with Gasteiger partial charge in [0, 0.05) is 18.8 Å². The summed E-state index contributed by atoms with van der Waals surface area (Å²) in [6.45, 7) is 4.08. The maximum Gasteiger partial charge on any atom is 0.260 e. The number of anilines is 1. The Morgan fingerprint density at radius 2 is 2.05 bits per heavy atom. The lowest BCUT2D eigenvalue weighted by atomic mass is 9.96. The van der Waals surface area contributed by atoms with Crippen LogP contribution in [0.1, 0.15) is 39.0 Å². The minimum atomic E-state index is 0.0870. The Labute approximate surface area is 127 Å². The molecule has 1 aromatic rings. The van der Waals surface area contributed by atoms with Crippen molar-refractivity contribution in [1.82, 2.24) is 4.90 Å². The number of hydrogen-bond donors (Lipinski definition) is 1. The molecule has 4 nitrogen and oxygen atoms in total. The third-order valence-corrected chi connectivity index (χ3v) is 4.14. The maximum atomic E-state index is 12.2. The van der Waals surface area contributed by atoms with E-state index in [1.165, 1.54) is 19.3 Å². The molecule has 1 aliphatic rings. The average molecular weight is 290 g/mol. The molecule has 4 heteroatoms. The van der Waals surface area contributed by atoms with Gasteiger partial charge in [-0.05, 0) is 49.4 Å². The van der Waals surface area contributed by atoms with Gasteiger partial charge in [-0.3, -0.25) is 4.79 Å². The predicted molar refractivity (Wildman–Crippen MR) is 85.2 cm³/mol. The van der Waals surface area contributed by atoms with E-state index in [0.29, 0.717) is 11.4 Å². The summed E-state index contributed by atoms with van der Waals surface area (Å²) in [5.74, 6) is 1.56. The second-order valence-electron chi connectivity index (χ2n) is 5.82. The van der Waals surface area contributed by atoms with Crippen molar-refractivity contribution in [3.05, 3.63) is 24.3 Å². The number of nitrogens with two attached hydrogens (primary N) is 1. The quantitative estimate of drug-likeness (QED) is 0.848. The van der Waals surface area contributed by atoms with Crippen LogP contribution >= 0.6 is 0 Å². The van der Waals surface area contributed by atoms with E-state index in [-0.39, 0.29) is 12.5 Å². The number of ether oxygens (including phenoxy) is 1. The van der Waals surface area contributed by atoms with Crippen molar-refractivity contribution in [2.24, 2.45) is 5.92 Å². The van der Waals surface area contributed by atoms with Crippen LogP contribution in [0.4, 0.5) is 5.69 Å². The molecule has 1 atom stereocenters. The molecule has 116 valence electrons. The van der Waals surface area contributed by atoms with E-state index >= 15 is 0 Å². The molecular weight excluding hydrogens is 264 g/mol. The number of carbonyl (C=O) groups excluding carboxylic acids is 1. The molecule has 1 saturated heterocycles. The minimum absolute atomic E-state index is 0.0870. The van der Waals surface area contributed by atoms with Crippen molar-refractivity contribution in [3.63, 3.8) is 0 Å². The summed E-state index contributed by atoms with van der Waals surface area (Å²) in [5, 5.41) is 0. The zero-order valence-corrected chi connectivity index (χ0v) is 12.9. The van der Waals surface area contributed by atoms with Crippen LogP contribution in [-0.2, 0) is 4.79 Å². The lowest BCUT2D eigenvalue weighted by Gasteiger charge is -2.20. The molecule has 1 amide bonds. The summed E-state index contributed by atoms with van der Waals surface area (Å²) in [6.07, 6.45) is 6.00. The molecule has 1 heterocycles. The van der Waals surface area contributed by atoms with E-state index < -0.39 is 0 Å². The van der Waals surface area contributed by atoms with Crippen molar-refractivity contribution < 1.29 is 9.53 Å². The SMILES string of the molecule is CCCC1CCCN(C(=O)COc2ccc(N)cc2)CC1. The standard InChI is InChI=1S/C17H26N2O2/c1-2-4-14-5-3-11-19(12-10-14)17(20)13-21-16-8-6-15(18)7-9-16/h6-9,14H,2-5,10-13,18H2,1H3. The fourth-order valence-corrected chi connectivity index (χ4v) is 2.91. The van der Waals surface area contributed by atoms with Gasteiger partial charge in [0.2, 0.25) is 0 Å². The molecule has 0 bridgehead atoms. The van der Waals surface area contributed by atoms with E-state index in [2.05, 4.69) is 6.92 Å². The molecule has 0 saturated carbocycles. The highest BCUT2D eigenvalue weighted by atomic mass is 16.5. The molecule has 0 radical (unpaired) electrons. The van der Waals surface area contributed by atoms with Gasteiger partial charge in [0.1, 0.15) is 5.75 Å². The fourth-order valence-electron chi connectivity index (χ4n) is 2.91.